The highest BCUT2D eigenvalue weighted by Crippen LogP contribution is 2.38. The first-order valence-corrected chi connectivity index (χ1v) is 22.1. The van der Waals surface area contributed by atoms with Gasteiger partial charge in [0.2, 0.25) is 0 Å². The summed E-state index contributed by atoms with van der Waals surface area (Å²) >= 11 is 0. The molecule has 67 heavy (non-hydrogen) atoms. The summed E-state index contributed by atoms with van der Waals surface area (Å²) in [5.74, 6) is 2.38. The van der Waals surface area contributed by atoms with E-state index in [1.807, 2.05) is 103 Å². The number of para-hydroxylation sites is 1. The molecule has 0 saturated heterocycles. The first-order chi connectivity index (χ1) is 33.2. The summed E-state index contributed by atoms with van der Waals surface area (Å²) in [7, 11) is 0. The van der Waals surface area contributed by atoms with Gasteiger partial charge in [-0.3, -0.25) is 9.97 Å². The second-order valence-electron chi connectivity index (χ2n) is 16.2. The zero-order chi connectivity index (χ0) is 44.5. The summed E-state index contributed by atoms with van der Waals surface area (Å²) in [6, 6.07) is 74.9. The van der Waals surface area contributed by atoms with E-state index >= 15 is 0 Å². The van der Waals surface area contributed by atoms with E-state index in [1.54, 1.807) is 12.4 Å². The van der Waals surface area contributed by atoms with Crippen molar-refractivity contribution in [3.8, 4) is 96.3 Å². The smallest absolute Gasteiger partial charge is 0.182 e. The van der Waals surface area contributed by atoms with Crippen LogP contribution in [0.5, 0.6) is 0 Å². The molecular weight excluding hydrogens is 821 g/mol. The quantitative estimate of drug-likeness (QED) is 0.143. The van der Waals surface area contributed by atoms with Gasteiger partial charge in [0.15, 0.2) is 23.3 Å². The van der Waals surface area contributed by atoms with Crippen LogP contribution < -0.4 is 0 Å². The summed E-state index contributed by atoms with van der Waals surface area (Å²) in [4.78, 5) is 33.7. The van der Waals surface area contributed by atoms with Crippen molar-refractivity contribution in [2.24, 2.45) is 0 Å². The third kappa shape index (κ3) is 7.68. The van der Waals surface area contributed by atoms with Crippen LogP contribution in [0.1, 0.15) is 0 Å². The zero-order valence-corrected chi connectivity index (χ0v) is 36.0. The second-order valence-corrected chi connectivity index (χ2v) is 16.2. The monoisotopic (exact) mass is 858 g/mol. The molecule has 0 N–H and O–H groups in total. The van der Waals surface area contributed by atoms with E-state index in [4.69, 9.17) is 24.9 Å². The maximum atomic E-state index is 5.04. The zero-order valence-electron chi connectivity index (χ0n) is 36.0. The Labute approximate surface area is 386 Å². The lowest BCUT2D eigenvalue weighted by atomic mass is 9.98. The van der Waals surface area contributed by atoms with Crippen molar-refractivity contribution in [1.82, 2.24) is 39.5 Å². The molecule has 12 rings (SSSR count). The van der Waals surface area contributed by atoms with Gasteiger partial charge in [-0.25, -0.2) is 24.9 Å². The SMILES string of the molecule is c1ccc(-c2nc(-c3ccc(-c4ccc5c(c4)c4cc(-c6ccc(-c7nc(-c8ccccc8)nc(-c8ccccn8)n7)cc6)ccc4n5-c4ccccc4)cc3)cc(-c3ccccn3)n2)cc1. The summed E-state index contributed by atoms with van der Waals surface area (Å²) < 4.78 is 2.35. The number of aromatic nitrogens is 8. The normalized spacial score (nSPS) is 11.3. The largest absolute Gasteiger partial charge is 0.309 e. The Hall–Kier alpha value is -9.27. The second kappa shape index (κ2) is 17.0. The van der Waals surface area contributed by atoms with Gasteiger partial charge < -0.3 is 4.57 Å². The van der Waals surface area contributed by atoms with Gasteiger partial charge in [-0.1, -0.05) is 152 Å². The van der Waals surface area contributed by atoms with Crippen LogP contribution in [-0.2, 0) is 0 Å². The van der Waals surface area contributed by atoms with Crippen molar-refractivity contribution in [3.63, 3.8) is 0 Å². The molecule has 0 aliphatic rings. The molecule has 7 aromatic carbocycles. The Morgan fingerprint density at radius 2 is 0.672 bits per heavy atom. The number of pyridine rings is 2. The molecule has 0 aliphatic heterocycles. The van der Waals surface area contributed by atoms with Crippen LogP contribution in [0.3, 0.4) is 0 Å². The van der Waals surface area contributed by atoms with Crippen molar-refractivity contribution in [2.45, 2.75) is 0 Å². The first kappa shape index (κ1) is 39.3. The molecule has 8 nitrogen and oxygen atoms in total. The molecule has 0 unspecified atom stereocenters. The fourth-order valence-corrected chi connectivity index (χ4v) is 8.67. The topological polar surface area (TPSA) is 95.2 Å². The lowest BCUT2D eigenvalue weighted by Crippen LogP contribution is -2.00. The van der Waals surface area contributed by atoms with E-state index in [2.05, 4.69) is 130 Å². The van der Waals surface area contributed by atoms with Gasteiger partial charge in [-0.05, 0) is 89.0 Å². The maximum absolute atomic E-state index is 5.04. The predicted molar refractivity (Wildman–Crippen MR) is 269 cm³/mol. The number of hydrogen-bond donors (Lipinski definition) is 0. The van der Waals surface area contributed by atoms with Gasteiger partial charge in [-0.15, -0.1) is 0 Å². The lowest BCUT2D eigenvalue weighted by molar-refractivity contribution is 1.06. The predicted octanol–water partition coefficient (Wildman–Crippen LogP) is 13.9. The Morgan fingerprint density at radius 1 is 0.254 bits per heavy atom. The molecular formula is C59H38N8. The van der Waals surface area contributed by atoms with Crippen molar-refractivity contribution < 1.29 is 0 Å². The minimum atomic E-state index is 0.530. The van der Waals surface area contributed by atoms with Gasteiger partial charge in [0.25, 0.3) is 0 Å². The van der Waals surface area contributed by atoms with Crippen LogP contribution in [0.4, 0.5) is 0 Å². The fourth-order valence-electron chi connectivity index (χ4n) is 8.67. The molecule has 314 valence electrons. The number of rotatable bonds is 9. The van der Waals surface area contributed by atoms with Gasteiger partial charge in [0.05, 0.1) is 28.1 Å². The molecule has 0 fully saturated rings. The minimum absolute atomic E-state index is 0.530. The van der Waals surface area contributed by atoms with E-state index in [9.17, 15) is 0 Å². The number of benzene rings is 7. The fraction of sp³-hybridized carbons (Fsp3) is 0. The third-order valence-electron chi connectivity index (χ3n) is 12.0. The van der Waals surface area contributed by atoms with E-state index < -0.39 is 0 Å². The van der Waals surface area contributed by atoms with Crippen molar-refractivity contribution in [1.29, 1.82) is 0 Å². The van der Waals surface area contributed by atoms with Crippen LogP contribution in [-0.4, -0.2) is 39.5 Å². The number of fused-ring (bicyclic) bond motifs is 3. The Bertz CT molecular complexity index is 3350. The Morgan fingerprint density at radius 3 is 1.21 bits per heavy atom. The molecule has 0 spiro atoms. The van der Waals surface area contributed by atoms with Gasteiger partial charge in [0.1, 0.15) is 5.69 Å². The summed E-state index contributed by atoms with van der Waals surface area (Å²) in [5.41, 5.74) is 14.7. The molecule has 0 bridgehead atoms. The number of nitrogens with zero attached hydrogens (tertiary/aromatic N) is 8. The summed E-state index contributed by atoms with van der Waals surface area (Å²) in [6.07, 6.45) is 3.55. The van der Waals surface area contributed by atoms with Crippen molar-refractivity contribution >= 4 is 21.8 Å². The van der Waals surface area contributed by atoms with Crippen LogP contribution in [0.2, 0.25) is 0 Å². The molecule has 8 heteroatoms. The van der Waals surface area contributed by atoms with Crippen LogP contribution in [0.15, 0.2) is 231 Å². The standard InChI is InChI=1S/C59H38N8/c1-4-14-42(15-5-1)56-62-52(38-53(63-56)50-20-10-12-34-60-50)41-26-22-39(23-27-41)45-30-32-54-48(36-45)49-37-46(31-33-55(49)67(54)47-18-8-3-9-19-47)40-24-28-44(29-25-40)58-64-57(43-16-6-2-7-17-43)65-59(66-58)51-21-11-13-35-61-51/h1-38H. The molecule has 5 aromatic heterocycles. The maximum Gasteiger partial charge on any atom is 0.182 e. The molecule has 0 radical (unpaired) electrons. The van der Waals surface area contributed by atoms with Crippen LogP contribution >= 0.6 is 0 Å². The minimum Gasteiger partial charge on any atom is -0.309 e. The Kier molecular flexibility index (Phi) is 9.99. The summed E-state index contributed by atoms with van der Waals surface area (Å²) in [6.45, 7) is 0. The van der Waals surface area contributed by atoms with Crippen LogP contribution in [0.25, 0.3) is 118 Å². The van der Waals surface area contributed by atoms with Crippen molar-refractivity contribution in [2.75, 3.05) is 0 Å². The van der Waals surface area contributed by atoms with Crippen LogP contribution in [0, 0.1) is 0 Å². The van der Waals surface area contributed by atoms with E-state index in [0.29, 0.717) is 29.0 Å². The highest BCUT2D eigenvalue weighted by atomic mass is 15.0. The molecule has 0 aliphatic carbocycles. The first-order valence-electron chi connectivity index (χ1n) is 22.1. The Balaban J connectivity index is 0.916. The average molecular weight is 859 g/mol. The molecule has 0 saturated carbocycles. The highest BCUT2D eigenvalue weighted by Gasteiger charge is 2.17. The molecule has 0 amide bonds. The van der Waals surface area contributed by atoms with E-state index in [1.165, 1.54) is 10.8 Å². The number of hydrogen-bond acceptors (Lipinski definition) is 7. The average Bonchev–Trinajstić information content (AvgIpc) is 3.75. The summed E-state index contributed by atoms with van der Waals surface area (Å²) in [5, 5.41) is 2.34. The van der Waals surface area contributed by atoms with Gasteiger partial charge in [0, 0.05) is 51.1 Å². The van der Waals surface area contributed by atoms with Gasteiger partial charge >= 0.3 is 0 Å². The molecule has 0 atom stereocenters. The molecule has 5 heterocycles. The van der Waals surface area contributed by atoms with E-state index in [0.717, 1.165) is 78.3 Å². The van der Waals surface area contributed by atoms with Gasteiger partial charge in [-0.2, -0.15) is 0 Å². The molecule has 12 aromatic rings. The van der Waals surface area contributed by atoms with E-state index in [-0.39, 0.29) is 0 Å². The lowest BCUT2D eigenvalue weighted by Gasteiger charge is -2.10. The third-order valence-corrected chi connectivity index (χ3v) is 12.0. The highest BCUT2D eigenvalue weighted by molar-refractivity contribution is 6.11. The van der Waals surface area contributed by atoms with Crippen molar-refractivity contribution in [3.05, 3.63) is 231 Å².